The Labute approximate surface area is 249 Å². The Kier molecular flexibility index (Phi) is 6.68. The molecule has 0 radical (unpaired) electrons. The summed E-state index contributed by atoms with van der Waals surface area (Å²) in [6.45, 7) is 3.67. The second-order valence-electron chi connectivity index (χ2n) is 12.1. The van der Waals surface area contributed by atoms with Crippen molar-refractivity contribution in [1.29, 1.82) is 0 Å². The molecule has 2 atom stereocenters. The number of aromatic nitrogens is 3. The molecule has 0 saturated carbocycles. The zero-order valence-corrected chi connectivity index (χ0v) is 23.8. The Morgan fingerprint density at radius 2 is 1.75 bits per heavy atom. The predicted octanol–water partition coefficient (Wildman–Crippen LogP) is 5.84. The number of hydrogen-bond acceptors (Lipinski definition) is 7. The summed E-state index contributed by atoms with van der Waals surface area (Å²) in [7, 11) is 0. The first-order valence-corrected chi connectivity index (χ1v) is 14.5. The number of piperidine rings is 1. The zero-order valence-electron chi connectivity index (χ0n) is 23.8. The van der Waals surface area contributed by atoms with Gasteiger partial charge in [-0.05, 0) is 56.2 Å². The highest BCUT2D eigenvalue weighted by molar-refractivity contribution is 6.02. The molecule has 3 saturated heterocycles. The van der Waals surface area contributed by atoms with E-state index in [4.69, 9.17) is 16.1 Å². The molecule has 3 aliphatic rings. The quantitative estimate of drug-likeness (QED) is 0.231. The molecule has 5 heterocycles. The molecule has 2 aromatic heterocycles. The van der Waals surface area contributed by atoms with Gasteiger partial charge in [-0.1, -0.05) is 12.0 Å². The average Bonchev–Trinajstić information content (AvgIpc) is 3.33. The van der Waals surface area contributed by atoms with Crippen molar-refractivity contribution in [2.24, 2.45) is 0 Å². The van der Waals surface area contributed by atoms with Crippen LogP contribution in [0.15, 0.2) is 30.5 Å². The van der Waals surface area contributed by atoms with Crippen LogP contribution in [-0.4, -0.2) is 64.0 Å². The molecule has 3 aliphatic heterocycles. The van der Waals surface area contributed by atoms with Gasteiger partial charge in [0.25, 0.3) is 0 Å². The summed E-state index contributed by atoms with van der Waals surface area (Å²) in [5, 5.41) is 10.7. The molecular weight excluding hydrogens is 581 g/mol. The van der Waals surface area contributed by atoms with E-state index in [9.17, 15) is 22.7 Å². The number of hydrogen-bond donors (Lipinski definition) is 1. The van der Waals surface area contributed by atoms with Crippen LogP contribution < -0.4 is 9.80 Å². The minimum Gasteiger partial charge on any atom is -0.390 e. The Bertz CT molecular complexity index is 1830. The maximum absolute atomic E-state index is 16.7. The summed E-state index contributed by atoms with van der Waals surface area (Å²) < 4.78 is 79.5. The first-order chi connectivity index (χ1) is 20.9. The largest absolute Gasteiger partial charge is 0.416 e. The summed E-state index contributed by atoms with van der Waals surface area (Å²) >= 11 is 0. The Morgan fingerprint density at radius 1 is 1.05 bits per heavy atom. The number of ether oxygens (including phenoxy) is 1. The van der Waals surface area contributed by atoms with Crippen LogP contribution >= 0.6 is 0 Å². The van der Waals surface area contributed by atoms with E-state index < -0.39 is 34.7 Å². The fourth-order valence-electron chi connectivity index (χ4n) is 6.51. The lowest BCUT2D eigenvalue weighted by atomic mass is 9.93. The van der Waals surface area contributed by atoms with Crippen LogP contribution in [0.3, 0.4) is 0 Å². The van der Waals surface area contributed by atoms with E-state index in [2.05, 4.69) is 15.9 Å². The predicted molar refractivity (Wildman–Crippen MR) is 155 cm³/mol. The van der Waals surface area contributed by atoms with E-state index in [1.807, 2.05) is 9.80 Å². The van der Waals surface area contributed by atoms with Crippen LogP contribution in [0.5, 0.6) is 0 Å². The molecule has 0 unspecified atom stereocenters. The number of morpholine rings is 1. The molecule has 0 aliphatic carbocycles. The average molecular weight is 610 g/mol. The van der Waals surface area contributed by atoms with E-state index in [0.29, 0.717) is 50.2 Å². The second kappa shape index (κ2) is 10.2. The molecular formula is C32H28F5N5O2. The van der Waals surface area contributed by atoms with Crippen molar-refractivity contribution in [3.05, 3.63) is 53.2 Å². The number of nitrogens with zero attached hydrogens (tertiary/aromatic N) is 5. The molecule has 228 valence electrons. The van der Waals surface area contributed by atoms with Crippen molar-refractivity contribution in [2.75, 3.05) is 36.0 Å². The van der Waals surface area contributed by atoms with Gasteiger partial charge >= 0.3 is 6.18 Å². The van der Waals surface area contributed by atoms with E-state index in [0.717, 1.165) is 31.0 Å². The van der Waals surface area contributed by atoms with Crippen LogP contribution in [0.25, 0.3) is 32.9 Å². The Morgan fingerprint density at radius 3 is 2.41 bits per heavy atom. The van der Waals surface area contributed by atoms with Crippen molar-refractivity contribution in [2.45, 2.75) is 56.6 Å². The summed E-state index contributed by atoms with van der Waals surface area (Å²) in [6, 6.07) is 3.77. The first kappa shape index (κ1) is 28.7. The van der Waals surface area contributed by atoms with Gasteiger partial charge in [0.05, 0.1) is 34.3 Å². The molecule has 4 aromatic rings. The number of anilines is 2. The smallest absolute Gasteiger partial charge is 0.390 e. The standard InChI is InChI=1S/C32H28F5N5O2/c1-3-21-24(33)7-4-17-12-18(32(35,36)37)13-22(25(17)21)27-26(34)28-23(14-38-27)29(42-15-19-5-6-20(16-42)44-19)40-30(39-28)41-10-8-31(2,43)9-11-41/h1,4,7,12-14,19-20,43H,5-6,8-11,15-16H2,2H3/t19-,20+. The summed E-state index contributed by atoms with van der Waals surface area (Å²) in [5.74, 6) is 1.10. The second-order valence-corrected chi connectivity index (χ2v) is 12.1. The first-order valence-electron chi connectivity index (χ1n) is 14.5. The fourth-order valence-corrected chi connectivity index (χ4v) is 6.51. The summed E-state index contributed by atoms with van der Waals surface area (Å²) in [5.41, 5.74) is -3.05. The molecule has 7 rings (SSSR count). The van der Waals surface area contributed by atoms with Gasteiger partial charge in [0.15, 0.2) is 5.82 Å². The molecule has 7 nitrogen and oxygen atoms in total. The number of rotatable bonds is 3. The van der Waals surface area contributed by atoms with Crippen LogP contribution in [0, 0.1) is 24.0 Å². The molecule has 3 fully saturated rings. The van der Waals surface area contributed by atoms with Crippen molar-refractivity contribution in [3.63, 3.8) is 0 Å². The Balaban J connectivity index is 1.46. The molecule has 2 aromatic carbocycles. The highest BCUT2D eigenvalue weighted by Gasteiger charge is 2.37. The van der Waals surface area contributed by atoms with E-state index >= 15 is 4.39 Å². The number of halogens is 5. The third-order valence-corrected chi connectivity index (χ3v) is 8.91. The highest BCUT2D eigenvalue weighted by Crippen LogP contribution is 2.41. The number of benzene rings is 2. The number of fused-ring (bicyclic) bond motifs is 4. The lowest BCUT2D eigenvalue weighted by Gasteiger charge is -2.37. The topological polar surface area (TPSA) is 74.6 Å². The van der Waals surface area contributed by atoms with Gasteiger partial charge in [0, 0.05) is 43.3 Å². The summed E-state index contributed by atoms with van der Waals surface area (Å²) in [6.07, 6.45) is 4.85. The zero-order chi connectivity index (χ0) is 31.0. The lowest BCUT2D eigenvalue weighted by Crippen LogP contribution is -2.44. The van der Waals surface area contributed by atoms with Crippen molar-refractivity contribution in [3.8, 4) is 23.6 Å². The van der Waals surface area contributed by atoms with Crippen LogP contribution in [0.2, 0.25) is 0 Å². The maximum atomic E-state index is 16.7. The number of pyridine rings is 1. The molecule has 1 N–H and O–H groups in total. The van der Waals surface area contributed by atoms with Gasteiger partial charge in [-0.15, -0.1) is 6.42 Å². The number of aliphatic hydroxyl groups is 1. The SMILES string of the molecule is C#Cc1c(F)ccc2cc(C(F)(F)F)cc(-c3ncc4c(N5C[C@H]6CC[C@@H](C5)O6)nc(N5CCC(C)(O)CC5)nc4c3F)c12. The van der Waals surface area contributed by atoms with E-state index in [-0.39, 0.29) is 45.6 Å². The molecule has 12 heteroatoms. The van der Waals surface area contributed by atoms with Gasteiger partial charge < -0.3 is 19.6 Å². The fraction of sp³-hybridized carbons (Fsp3) is 0.406. The van der Waals surface area contributed by atoms with Crippen molar-refractivity contribution >= 4 is 33.4 Å². The summed E-state index contributed by atoms with van der Waals surface area (Å²) in [4.78, 5) is 17.6. The van der Waals surface area contributed by atoms with Crippen molar-refractivity contribution in [1.82, 2.24) is 15.0 Å². The van der Waals surface area contributed by atoms with Crippen LogP contribution in [0.4, 0.5) is 33.7 Å². The Hall–Kier alpha value is -4.08. The van der Waals surface area contributed by atoms with Gasteiger partial charge in [0.1, 0.15) is 22.8 Å². The monoisotopic (exact) mass is 609 g/mol. The third kappa shape index (κ3) is 4.88. The van der Waals surface area contributed by atoms with Crippen LogP contribution in [-0.2, 0) is 10.9 Å². The highest BCUT2D eigenvalue weighted by atomic mass is 19.4. The van der Waals surface area contributed by atoms with Gasteiger partial charge in [-0.25, -0.2) is 13.8 Å². The maximum Gasteiger partial charge on any atom is 0.416 e. The normalized spacial score (nSPS) is 21.7. The van der Waals surface area contributed by atoms with Crippen molar-refractivity contribution < 1.29 is 31.8 Å². The number of terminal acetylenes is 1. The van der Waals surface area contributed by atoms with E-state index in [1.54, 1.807) is 6.92 Å². The van der Waals surface area contributed by atoms with Crippen LogP contribution in [0.1, 0.15) is 43.7 Å². The minimum atomic E-state index is -4.77. The van der Waals surface area contributed by atoms with Gasteiger partial charge in [-0.3, -0.25) is 4.98 Å². The molecule has 0 spiro atoms. The molecule has 0 amide bonds. The van der Waals surface area contributed by atoms with Gasteiger partial charge in [-0.2, -0.15) is 18.2 Å². The lowest BCUT2D eigenvalue weighted by molar-refractivity contribution is -0.137. The molecule has 44 heavy (non-hydrogen) atoms. The van der Waals surface area contributed by atoms with Gasteiger partial charge in [0.2, 0.25) is 5.95 Å². The molecule has 2 bridgehead atoms. The third-order valence-electron chi connectivity index (χ3n) is 8.91. The number of alkyl halides is 3. The van der Waals surface area contributed by atoms with E-state index in [1.165, 1.54) is 12.3 Å². The minimum absolute atomic E-state index is 0.00120.